The number of nitrogens with one attached hydrogen (secondary N) is 1. The number of nitrogens with zero attached hydrogens (tertiary/aromatic N) is 2. The zero-order valence-electron chi connectivity index (χ0n) is 9.11. The molecule has 16 heavy (non-hydrogen) atoms. The van der Waals surface area contributed by atoms with E-state index in [-0.39, 0.29) is 0 Å². The Balaban J connectivity index is 2.37. The molecule has 0 amide bonds. The van der Waals surface area contributed by atoms with Gasteiger partial charge in [-0.2, -0.15) is 0 Å². The van der Waals surface area contributed by atoms with Crippen molar-refractivity contribution >= 4 is 17.6 Å². The van der Waals surface area contributed by atoms with E-state index in [2.05, 4.69) is 15.3 Å². The van der Waals surface area contributed by atoms with Gasteiger partial charge in [-0.15, -0.1) is 0 Å². The lowest BCUT2D eigenvalue weighted by Crippen LogP contribution is -2.34. The fourth-order valence-electron chi connectivity index (χ4n) is 1.01. The Morgan fingerprint density at radius 3 is 3.06 bits per heavy atom. The molecule has 0 aliphatic rings. The highest BCUT2D eigenvalue weighted by molar-refractivity contribution is 6.29. The first-order valence-corrected chi connectivity index (χ1v) is 5.23. The molecule has 1 heterocycles. The van der Waals surface area contributed by atoms with Gasteiger partial charge in [0.15, 0.2) is 5.96 Å². The molecule has 0 aliphatic carbocycles. The predicted octanol–water partition coefficient (Wildman–Crippen LogP) is 0.786. The van der Waals surface area contributed by atoms with Crippen LogP contribution in [0, 0.1) is 0 Å². The summed E-state index contributed by atoms with van der Waals surface area (Å²) in [5.74, 6) is 0.395. The molecule has 0 radical (unpaired) electrons. The number of nitrogens with two attached hydrogens (primary N) is 1. The third-order valence-electron chi connectivity index (χ3n) is 1.83. The van der Waals surface area contributed by atoms with Gasteiger partial charge in [-0.25, -0.2) is 9.98 Å². The summed E-state index contributed by atoms with van der Waals surface area (Å²) in [6.45, 7) is 1.72. The van der Waals surface area contributed by atoms with Crippen LogP contribution in [0.5, 0.6) is 0 Å². The van der Waals surface area contributed by atoms with Crippen molar-refractivity contribution in [3.63, 3.8) is 0 Å². The highest BCUT2D eigenvalue weighted by atomic mass is 35.5. The van der Waals surface area contributed by atoms with E-state index in [1.807, 2.05) is 6.07 Å². The number of pyridine rings is 1. The van der Waals surface area contributed by atoms with Crippen molar-refractivity contribution in [3.8, 4) is 0 Å². The SMILES string of the molecule is COCCNC(N)=NCc1ccc(Cl)nc1. The van der Waals surface area contributed by atoms with E-state index in [4.69, 9.17) is 22.1 Å². The van der Waals surface area contributed by atoms with Gasteiger partial charge in [0.2, 0.25) is 0 Å². The average molecular weight is 243 g/mol. The highest BCUT2D eigenvalue weighted by Gasteiger charge is 1.94. The maximum atomic E-state index is 5.66. The summed E-state index contributed by atoms with van der Waals surface area (Å²) in [6.07, 6.45) is 1.67. The largest absolute Gasteiger partial charge is 0.383 e. The Morgan fingerprint density at radius 1 is 1.62 bits per heavy atom. The quantitative estimate of drug-likeness (QED) is 0.347. The molecule has 0 saturated heterocycles. The van der Waals surface area contributed by atoms with Crippen LogP contribution in [0.1, 0.15) is 5.56 Å². The van der Waals surface area contributed by atoms with E-state index in [9.17, 15) is 0 Å². The Labute approximate surface area is 99.7 Å². The topological polar surface area (TPSA) is 72.5 Å². The third kappa shape index (κ3) is 4.95. The number of guanidine groups is 1. The molecule has 0 unspecified atom stereocenters. The minimum absolute atomic E-state index is 0.395. The van der Waals surface area contributed by atoms with E-state index < -0.39 is 0 Å². The van der Waals surface area contributed by atoms with Crippen LogP contribution in [0.3, 0.4) is 0 Å². The van der Waals surface area contributed by atoms with Crippen molar-refractivity contribution in [1.82, 2.24) is 10.3 Å². The number of methoxy groups -OCH3 is 1. The molecule has 0 atom stereocenters. The van der Waals surface area contributed by atoms with E-state index in [0.29, 0.717) is 30.8 Å². The summed E-state index contributed by atoms with van der Waals surface area (Å²) in [5, 5.41) is 3.39. The first kappa shape index (κ1) is 12.7. The summed E-state index contributed by atoms with van der Waals surface area (Å²) >= 11 is 5.66. The minimum atomic E-state index is 0.395. The summed E-state index contributed by atoms with van der Waals surface area (Å²) in [6, 6.07) is 3.59. The van der Waals surface area contributed by atoms with Crippen molar-refractivity contribution in [2.75, 3.05) is 20.3 Å². The summed E-state index contributed by atoms with van der Waals surface area (Å²) in [7, 11) is 1.63. The van der Waals surface area contributed by atoms with Crippen LogP contribution in [0.2, 0.25) is 5.15 Å². The Hall–Kier alpha value is -1.33. The van der Waals surface area contributed by atoms with Crippen molar-refractivity contribution in [3.05, 3.63) is 29.0 Å². The maximum Gasteiger partial charge on any atom is 0.188 e. The number of aliphatic imine (C=N–C) groups is 1. The Bertz CT molecular complexity index is 339. The van der Waals surface area contributed by atoms with E-state index in [0.717, 1.165) is 5.56 Å². The normalized spacial score (nSPS) is 11.5. The van der Waals surface area contributed by atoms with Crippen LogP contribution in [-0.2, 0) is 11.3 Å². The Morgan fingerprint density at radius 2 is 2.44 bits per heavy atom. The minimum Gasteiger partial charge on any atom is -0.383 e. The first-order valence-electron chi connectivity index (χ1n) is 4.85. The second kappa shape index (κ2) is 7.03. The zero-order valence-corrected chi connectivity index (χ0v) is 9.87. The van der Waals surface area contributed by atoms with Gasteiger partial charge in [0, 0.05) is 19.9 Å². The number of hydrogen-bond donors (Lipinski definition) is 2. The molecule has 3 N–H and O–H groups in total. The molecule has 0 fully saturated rings. The van der Waals surface area contributed by atoms with Gasteiger partial charge in [0.25, 0.3) is 0 Å². The van der Waals surface area contributed by atoms with Crippen molar-refractivity contribution < 1.29 is 4.74 Å². The molecule has 88 valence electrons. The van der Waals surface area contributed by atoms with Crippen molar-refractivity contribution in [2.45, 2.75) is 6.54 Å². The van der Waals surface area contributed by atoms with Crippen LogP contribution >= 0.6 is 11.6 Å². The van der Waals surface area contributed by atoms with Crippen LogP contribution in [0.4, 0.5) is 0 Å². The number of rotatable bonds is 5. The smallest absolute Gasteiger partial charge is 0.188 e. The van der Waals surface area contributed by atoms with Gasteiger partial charge in [-0.05, 0) is 11.6 Å². The molecule has 1 aromatic heterocycles. The zero-order chi connectivity index (χ0) is 11.8. The maximum absolute atomic E-state index is 5.66. The summed E-state index contributed by atoms with van der Waals surface area (Å²) in [4.78, 5) is 8.09. The molecule has 1 aromatic rings. The van der Waals surface area contributed by atoms with E-state index >= 15 is 0 Å². The number of ether oxygens (including phenoxy) is 1. The molecular formula is C10H15ClN4O. The molecule has 6 heteroatoms. The van der Waals surface area contributed by atoms with Gasteiger partial charge in [0.1, 0.15) is 5.15 Å². The molecule has 1 rings (SSSR count). The van der Waals surface area contributed by atoms with Gasteiger partial charge in [0.05, 0.1) is 13.2 Å². The monoisotopic (exact) mass is 242 g/mol. The fourth-order valence-corrected chi connectivity index (χ4v) is 1.13. The lowest BCUT2D eigenvalue weighted by atomic mass is 10.3. The average Bonchev–Trinajstić information content (AvgIpc) is 2.29. The van der Waals surface area contributed by atoms with Crippen molar-refractivity contribution in [1.29, 1.82) is 0 Å². The van der Waals surface area contributed by atoms with Gasteiger partial charge in [-0.3, -0.25) is 0 Å². The Kier molecular flexibility index (Phi) is 5.60. The number of hydrogen-bond acceptors (Lipinski definition) is 3. The molecule has 5 nitrogen and oxygen atoms in total. The molecule has 0 aliphatic heterocycles. The van der Waals surface area contributed by atoms with Gasteiger partial charge in [-0.1, -0.05) is 17.7 Å². The fraction of sp³-hybridized carbons (Fsp3) is 0.400. The number of aromatic nitrogens is 1. The van der Waals surface area contributed by atoms with E-state index in [1.165, 1.54) is 0 Å². The molecule has 0 aromatic carbocycles. The molecule has 0 bridgehead atoms. The van der Waals surface area contributed by atoms with Crippen molar-refractivity contribution in [2.24, 2.45) is 10.7 Å². The lowest BCUT2D eigenvalue weighted by Gasteiger charge is -2.04. The highest BCUT2D eigenvalue weighted by Crippen LogP contribution is 2.05. The predicted molar refractivity (Wildman–Crippen MR) is 64.5 cm³/mol. The van der Waals surface area contributed by atoms with Crippen LogP contribution in [0.15, 0.2) is 23.3 Å². The van der Waals surface area contributed by atoms with E-state index in [1.54, 1.807) is 19.4 Å². The second-order valence-corrected chi connectivity index (χ2v) is 3.50. The van der Waals surface area contributed by atoms with Crippen LogP contribution in [-0.4, -0.2) is 31.2 Å². The van der Waals surface area contributed by atoms with Crippen LogP contribution in [0.25, 0.3) is 0 Å². The van der Waals surface area contributed by atoms with Gasteiger partial charge < -0.3 is 15.8 Å². The standard InChI is InChI=1S/C10H15ClN4O/c1-16-5-4-13-10(12)15-7-8-2-3-9(11)14-6-8/h2-3,6H,4-5,7H2,1H3,(H3,12,13,15). The molecular weight excluding hydrogens is 228 g/mol. The number of halogens is 1. The molecule has 0 spiro atoms. The first-order chi connectivity index (χ1) is 7.72. The third-order valence-corrected chi connectivity index (χ3v) is 2.06. The second-order valence-electron chi connectivity index (χ2n) is 3.11. The van der Waals surface area contributed by atoms with Gasteiger partial charge >= 0.3 is 0 Å². The molecule has 0 saturated carbocycles. The summed E-state index contributed by atoms with van der Waals surface area (Å²) < 4.78 is 4.87. The summed E-state index contributed by atoms with van der Waals surface area (Å²) in [5.41, 5.74) is 6.59. The van der Waals surface area contributed by atoms with Crippen LogP contribution < -0.4 is 11.1 Å². The lowest BCUT2D eigenvalue weighted by molar-refractivity contribution is 0.204.